The zero-order chi connectivity index (χ0) is 19.6. The molecule has 1 amide bonds. The van der Waals surface area contributed by atoms with Crippen LogP contribution in [0.15, 0.2) is 4.90 Å². The van der Waals surface area contributed by atoms with Gasteiger partial charge in [0.2, 0.25) is 10.0 Å². The van der Waals surface area contributed by atoms with Gasteiger partial charge in [-0.25, -0.2) is 8.42 Å². The SMILES string of the molecule is Cc1[nH]c(C(=O)NC2CCCCCC2)c(C)c1S(=O)(=O)N1CCC(C)CC1. The third kappa shape index (κ3) is 4.40. The number of rotatable bonds is 4. The summed E-state index contributed by atoms with van der Waals surface area (Å²) in [5, 5.41) is 3.11. The summed E-state index contributed by atoms with van der Waals surface area (Å²) in [7, 11) is -3.58. The molecule has 2 aliphatic rings. The third-order valence-corrected chi connectivity index (χ3v) is 8.30. The molecule has 1 aliphatic heterocycles. The van der Waals surface area contributed by atoms with Gasteiger partial charge >= 0.3 is 0 Å². The maximum atomic E-state index is 13.2. The predicted molar refractivity (Wildman–Crippen MR) is 106 cm³/mol. The highest BCUT2D eigenvalue weighted by Crippen LogP contribution is 2.29. The number of aromatic amines is 1. The molecule has 27 heavy (non-hydrogen) atoms. The minimum Gasteiger partial charge on any atom is -0.353 e. The lowest BCUT2D eigenvalue weighted by Crippen LogP contribution is -2.38. The van der Waals surface area contributed by atoms with Crippen LogP contribution in [0.2, 0.25) is 0 Å². The third-order valence-electron chi connectivity index (χ3n) is 6.13. The van der Waals surface area contributed by atoms with Crippen LogP contribution in [0.1, 0.15) is 80.0 Å². The zero-order valence-corrected chi connectivity index (χ0v) is 17.6. The van der Waals surface area contributed by atoms with Crippen molar-refractivity contribution in [2.24, 2.45) is 5.92 Å². The Morgan fingerprint density at radius 3 is 2.22 bits per heavy atom. The quantitative estimate of drug-likeness (QED) is 0.766. The van der Waals surface area contributed by atoms with Crippen molar-refractivity contribution in [3.8, 4) is 0 Å². The summed E-state index contributed by atoms with van der Waals surface area (Å²) in [6.07, 6.45) is 8.51. The number of carbonyl (C=O) groups excluding carboxylic acids is 1. The number of hydrogen-bond acceptors (Lipinski definition) is 3. The van der Waals surface area contributed by atoms with Gasteiger partial charge in [-0.05, 0) is 51.0 Å². The molecular weight excluding hydrogens is 362 g/mol. The topological polar surface area (TPSA) is 82.3 Å². The first kappa shape index (κ1) is 20.4. The molecule has 6 nitrogen and oxygen atoms in total. The molecule has 152 valence electrons. The predicted octanol–water partition coefficient (Wildman–Crippen LogP) is 3.50. The molecule has 1 saturated heterocycles. The van der Waals surface area contributed by atoms with Crippen LogP contribution < -0.4 is 5.32 Å². The smallest absolute Gasteiger partial charge is 0.268 e. The Labute approximate surface area is 163 Å². The summed E-state index contributed by atoms with van der Waals surface area (Å²) >= 11 is 0. The first-order valence-electron chi connectivity index (χ1n) is 10.3. The largest absolute Gasteiger partial charge is 0.353 e. The number of carbonyl (C=O) groups is 1. The Morgan fingerprint density at radius 1 is 1.04 bits per heavy atom. The van der Waals surface area contributed by atoms with Crippen molar-refractivity contribution in [3.05, 3.63) is 17.0 Å². The fourth-order valence-corrected chi connectivity index (χ4v) is 6.26. The number of hydrogen-bond donors (Lipinski definition) is 2. The average Bonchev–Trinajstić information content (AvgIpc) is 2.78. The molecular formula is C20H33N3O3S. The van der Waals surface area contributed by atoms with Crippen molar-refractivity contribution in [1.29, 1.82) is 0 Å². The number of aryl methyl sites for hydroxylation is 1. The van der Waals surface area contributed by atoms with E-state index in [1.165, 1.54) is 12.8 Å². The molecule has 0 atom stereocenters. The molecule has 0 bridgehead atoms. The molecule has 1 aliphatic carbocycles. The minimum absolute atomic E-state index is 0.184. The van der Waals surface area contributed by atoms with Crippen LogP contribution in [0.25, 0.3) is 0 Å². The Bertz CT molecular complexity index is 769. The lowest BCUT2D eigenvalue weighted by molar-refractivity contribution is 0.0928. The number of H-pyrrole nitrogens is 1. The number of piperidine rings is 1. The molecule has 0 aromatic carbocycles. The van der Waals surface area contributed by atoms with Crippen LogP contribution in [-0.2, 0) is 10.0 Å². The van der Waals surface area contributed by atoms with Gasteiger partial charge in [-0.15, -0.1) is 0 Å². The second-order valence-corrected chi connectivity index (χ2v) is 10.2. The van der Waals surface area contributed by atoms with Gasteiger partial charge in [0.25, 0.3) is 5.91 Å². The summed E-state index contributed by atoms with van der Waals surface area (Å²) in [6, 6.07) is 0.187. The monoisotopic (exact) mass is 395 g/mol. The Hall–Kier alpha value is -1.34. The van der Waals surface area contributed by atoms with Gasteiger partial charge in [0, 0.05) is 24.8 Å². The van der Waals surface area contributed by atoms with E-state index in [9.17, 15) is 13.2 Å². The van der Waals surface area contributed by atoms with Crippen LogP contribution in [0, 0.1) is 19.8 Å². The van der Waals surface area contributed by atoms with Gasteiger partial charge in [0.1, 0.15) is 10.6 Å². The number of nitrogens with zero attached hydrogens (tertiary/aromatic N) is 1. The lowest BCUT2D eigenvalue weighted by Gasteiger charge is -2.29. The molecule has 0 radical (unpaired) electrons. The maximum Gasteiger partial charge on any atom is 0.268 e. The van der Waals surface area contributed by atoms with E-state index in [2.05, 4.69) is 17.2 Å². The Balaban J connectivity index is 1.80. The van der Waals surface area contributed by atoms with Crippen LogP contribution >= 0.6 is 0 Å². The number of sulfonamides is 1. The van der Waals surface area contributed by atoms with E-state index >= 15 is 0 Å². The molecule has 1 saturated carbocycles. The molecule has 0 spiro atoms. The fraction of sp³-hybridized carbons (Fsp3) is 0.750. The second-order valence-electron chi connectivity index (χ2n) is 8.33. The normalized spacial score (nSPS) is 21.1. The van der Waals surface area contributed by atoms with Crippen LogP contribution in [-0.4, -0.2) is 42.7 Å². The van der Waals surface area contributed by atoms with Crippen LogP contribution in [0.3, 0.4) is 0 Å². The van der Waals surface area contributed by atoms with Gasteiger partial charge < -0.3 is 10.3 Å². The van der Waals surface area contributed by atoms with Crippen molar-refractivity contribution < 1.29 is 13.2 Å². The molecule has 2 N–H and O–H groups in total. The Kier molecular flexibility index (Phi) is 6.31. The van der Waals surface area contributed by atoms with Gasteiger partial charge in [-0.1, -0.05) is 32.6 Å². The second kappa shape index (κ2) is 8.35. The summed E-state index contributed by atoms with van der Waals surface area (Å²) < 4.78 is 27.9. The van der Waals surface area contributed by atoms with Crippen molar-refractivity contribution >= 4 is 15.9 Å². The summed E-state index contributed by atoms with van der Waals surface area (Å²) in [5.41, 5.74) is 1.48. The average molecular weight is 396 g/mol. The highest BCUT2D eigenvalue weighted by molar-refractivity contribution is 7.89. The van der Waals surface area contributed by atoms with Crippen molar-refractivity contribution in [2.45, 2.75) is 83.1 Å². The van der Waals surface area contributed by atoms with Crippen molar-refractivity contribution in [2.75, 3.05) is 13.1 Å². The van der Waals surface area contributed by atoms with E-state index in [1.807, 2.05) is 0 Å². The first-order chi connectivity index (χ1) is 12.8. The van der Waals surface area contributed by atoms with E-state index in [0.29, 0.717) is 36.0 Å². The van der Waals surface area contributed by atoms with Crippen LogP contribution in [0.5, 0.6) is 0 Å². The van der Waals surface area contributed by atoms with Crippen LogP contribution in [0.4, 0.5) is 0 Å². The van der Waals surface area contributed by atoms with Gasteiger partial charge in [-0.2, -0.15) is 4.31 Å². The zero-order valence-electron chi connectivity index (χ0n) is 16.8. The van der Waals surface area contributed by atoms with E-state index in [4.69, 9.17) is 0 Å². The van der Waals surface area contributed by atoms with E-state index in [-0.39, 0.29) is 16.8 Å². The molecule has 3 rings (SSSR count). The van der Waals surface area contributed by atoms with E-state index in [1.54, 1.807) is 18.2 Å². The molecule has 1 aromatic rings. The minimum atomic E-state index is -3.58. The van der Waals surface area contributed by atoms with Gasteiger partial charge in [0.15, 0.2) is 0 Å². The molecule has 0 unspecified atom stereocenters. The van der Waals surface area contributed by atoms with E-state index < -0.39 is 10.0 Å². The van der Waals surface area contributed by atoms with Crippen molar-refractivity contribution in [3.63, 3.8) is 0 Å². The lowest BCUT2D eigenvalue weighted by atomic mass is 10.0. The highest BCUT2D eigenvalue weighted by Gasteiger charge is 2.33. The first-order valence-corrected chi connectivity index (χ1v) is 11.7. The number of aromatic nitrogens is 1. The molecule has 2 heterocycles. The number of nitrogens with one attached hydrogen (secondary N) is 2. The molecule has 7 heteroatoms. The molecule has 2 fully saturated rings. The summed E-state index contributed by atoms with van der Waals surface area (Å²) in [4.78, 5) is 16.1. The van der Waals surface area contributed by atoms with Gasteiger partial charge in [0.05, 0.1) is 0 Å². The standard InChI is InChI=1S/C20H33N3O3S/c1-14-10-12-23(13-11-14)27(25,26)19-15(2)18(21-16(19)3)20(24)22-17-8-6-4-5-7-9-17/h14,17,21H,4-13H2,1-3H3,(H,22,24). The summed E-state index contributed by atoms with van der Waals surface area (Å²) in [6.45, 7) is 6.75. The maximum absolute atomic E-state index is 13.2. The highest BCUT2D eigenvalue weighted by atomic mass is 32.2. The Morgan fingerprint density at radius 2 is 1.63 bits per heavy atom. The summed E-state index contributed by atoms with van der Waals surface area (Å²) in [5.74, 6) is 0.377. The van der Waals surface area contributed by atoms with Gasteiger partial charge in [-0.3, -0.25) is 4.79 Å². The molecule has 1 aromatic heterocycles. The van der Waals surface area contributed by atoms with E-state index in [0.717, 1.165) is 38.5 Å². The number of amides is 1. The van der Waals surface area contributed by atoms with Crippen molar-refractivity contribution in [1.82, 2.24) is 14.6 Å². The fourth-order valence-electron chi connectivity index (χ4n) is 4.38.